The minimum atomic E-state index is -0.248. The van der Waals surface area contributed by atoms with Crippen LogP contribution >= 0.6 is 27.5 Å². The Bertz CT molecular complexity index is 337. The highest BCUT2D eigenvalue weighted by Crippen LogP contribution is 2.16. The lowest BCUT2D eigenvalue weighted by molar-refractivity contribution is 0.0895. The zero-order valence-electron chi connectivity index (χ0n) is 8.83. The van der Waals surface area contributed by atoms with Crippen molar-refractivity contribution >= 4 is 33.4 Å². The van der Waals surface area contributed by atoms with Gasteiger partial charge in [0.1, 0.15) is 0 Å². The number of hydrogen-bond donors (Lipinski definition) is 1. The van der Waals surface area contributed by atoms with Crippen molar-refractivity contribution in [1.82, 2.24) is 5.32 Å². The Balaban J connectivity index is 2.58. The van der Waals surface area contributed by atoms with Crippen LogP contribution in [0.5, 0.6) is 0 Å². The molecule has 6 heteroatoms. The quantitative estimate of drug-likeness (QED) is 0.821. The van der Waals surface area contributed by atoms with Gasteiger partial charge in [0.25, 0.3) is 5.91 Å². The lowest BCUT2D eigenvalue weighted by Crippen LogP contribution is -2.38. The average molecular weight is 311 g/mol. The molecule has 0 fully saturated rings. The van der Waals surface area contributed by atoms with Crippen LogP contribution in [-0.4, -0.2) is 31.0 Å². The summed E-state index contributed by atoms with van der Waals surface area (Å²) in [5.41, 5.74) is 0.345. The number of carbonyl (C=O) groups is 1. The normalized spacial score (nSPS) is 12.4. The van der Waals surface area contributed by atoms with Crippen molar-refractivity contribution in [3.8, 4) is 0 Å². The predicted molar refractivity (Wildman–Crippen MR) is 65.3 cm³/mol. The summed E-state index contributed by atoms with van der Waals surface area (Å²) in [6, 6.07) is 1.50. The largest absolute Gasteiger partial charge is 0.452 e. The highest BCUT2D eigenvalue weighted by molar-refractivity contribution is 9.09. The van der Waals surface area contributed by atoms with Gasteiger partial charge in [-0.1, -0.05) is 15.9 Å². The SMILES string of the molecule is COCC(CCBr)NC(=O)c1ccoc1Cl. The lowest BCUT2D eigenvalue weighted by Gasteiger charge is -2.16. The van der Waals surface area contributed by atoms with Gasteiger partial charge in [-0.15, -0.1) is 0 Å². The molecule has 0 aromatic carbocycles. The third-order valence-corrected chi connectivity index (χ3v) is 2.77. The third kappa shape index (κ3) is 3.81. The van der Waals surface area contributed by atoms with Crippen LogP contribution in [0.3, 0.4) is 0 Å². The van der Waals surface area contributed by atoms with Gasteiger partial charge in [-0.05, 0) is 24.1 Å². The lowest BCUT2D eigenvalue weighted by atomic mass is 10.2. The topological polar surface area (TPSA) is 51.5 Å². The van der Waals surface area contributed by atoms with Gasteiger partial charge in [0.2, 0.25) is 5.22 Å². The summed E-state index contributed by atoms with van der Waals surface area (Å²) in [5, 5.41) is 3.72. The minimum absolute atomic E-state index is 0.0390. The number of carbonyl (C=O) groups excluding carboxylic acids is 1. The Labute approximate surface area is 107 Å². The summed E-state index contributed by atoms with van der Waals surface area (Å²) in [7, 11) is 1.60. The van der Waals surface area contributed by atoms with Crippen LogP contribution < -0.4 is 5.32 Å². The Hall–Kier alpha value is -0.520. The van der Waals surface area contributed by atoms with Gasteiger partial charge in [-0.2, -0.15) is 0 Å². The van der Waals surface area contributed by atoms with E-state index in [2.05, 4.69) is 21.2 Å². The zero-order valence-corrected chi connectivity index (χ0v) is 11.2. The Kier molecular flexibility index (Phi) is 5.87. The summed E-state index contributed by atoms with van der Waals surface area (Å²) in [5.74, 6) is -0.248. The van der Waals surface area contributed by atoms with E-state index in [-0.39, 0.29) is 17.2 Å². The fourth-order valence-corrected chi connectivity index (χ4v) is 2.00. The van der Waals surface area contributed by atoms with E-state index in [4.69, 9.17) is 20.8 Å². The Morgan fingerprint density at radius 1 is 1.75 bits per heavy atom. The van der Waals surface area contributed by atoms with Crippen molar-refractivity contribution < 1.29 is 13.9 Å². The molecule has 1 aromatic heterocycles. The summed E-state index contributed by atoms with van der Waals surface area (Å²) in [6.07, 6.45) is 2.17. The average Bonchev–Trinajstić information content (AvgIpc) is 2.65. The van der Waals surface area contributed by atoms with Crippen LogP contribution in [0.1, 0.15) is 16.8 Å². The Morgan fingerprint density at radius 3 is 3.00 bits per heavy atom. The van der Waals surface area contributed by atoms with Gasteiger partial charge in [0.15, 0.2) is 0 Å². The first kappa shape index (κ1) is 13.5. The van der Waals surface area contributed by atoms with Crippen LogP contribution in [0.2, 0.25) is 5.22 Å². The molecule has 0 saturated heterocycles. The van der Waals surface area contributed by atoms with Crippen LogP contribution in [0.15, 0.2) is 16.7 Å². The van der Waals surface area contributed by atoms with Gasteiger partial charge in [0, 0.05) is 12.4 Å². The van der Waals surface area contributed by atoms with Crippen molar-refractivity contribution in [2.75, 3.05) is 19.0 Å². The number of amides is 1. The highest BCUT2D eigenvalue weighted by atomic mass is 79.9. The molecule has 0 aliphatic carbocycles. The molecule has 0 spiro atoms. The molecule has 1 unspecified atom stereocenters. The molecule has 1 atom stereocenters. The molecule has 16 heavy (non-hydrogen) atoms. The monoisotopic (exact) mass is 309 g/mol. The van der Waals surface area contributed by atoms with Crippen molar-refractivity contribution in [3.63, 3.8) is 0 Å². The molecule has 1 N–H and O–H groups in total. The van der Waals surface area contributed by atoms with Gasteiger partial charge in [0.05, 0.1) is 24.5 Å². The minimum Gasteiger partial charge on any atom is -0.452 e. The molecule has 1 amide bonds. The summed E-state index contributed by atoms with van der Waals surface area (Å²) >= 11 is 9.03. The molecule has 1 aromatic rings. The van der Waals surface area contributed by atoms with Crippen LogP contribution in [0, 0.1) is 0 Å². The van der Waals surface area contributed by atoms with E-state index in [1.165, 1.54) is 12.3 Å². The molecule has 1 rings (SSSR count). The number of halogens is 2. The van der Waals surface area contributed by atoms with Crippen molar-refractivity contribution in [3.05, 3.63) is 23.1 Å². The summed E-state index contributed by atoms with van der Waals surface area (Å²) < 4.78 is 9.86. The van der Waals surface area contributed by atoms with Gasteiger partial charge < -0.3 is 14.5 Å². The molecule has 90 valence electrons. The molecular formula is C10H13BrClNO3. The second kappa shape index (κ2) is 6.93. The van der Waals surface area contributed by atoms with Crippen LogP contribution in [0.4, 0.5) is 0 Å². The molecule has 4 nitrogen and oxygen atoms in total. The fraction of sp³-hybridized carbons (Fsp3) is 0.500. The molecule has 0 bridgehead atoms. The van der Waals surface area contributed by atoms with Gasteiger partial charge in [-0.25, -0.2) is 0 Å². The maximum atomic E-state index is 11.8. The van der Waals surface area contributed by atoms with Gasteiger partial charge in [-0.3, -0.25) is 4.79 Å². The number of nitrogens with one attached hydrogen (secondary N) is 1. The smallest absolute Gasteiger partial charge is 0.256 e. The molecule has 1 heterocycles. The second-order valence-electron chi connectivity index (χ2n) is 3.21. The molecule has 0 saturated carbocycles. The molecule has 0 radical (unpaired) electrons. The number of hydrogen-bond acceptors (Lipinski definition) is 3. The number of alkyl halides is 1. The second-order valence-corrected chi connectivity index (χ2v) is 4.35. The number of rotatable bonds is 6. The van der Waals surface area contributed by atoms with E-state index in [0.717, 1.165) is 11.8 Å². The number of furan rings is 1. The molecule has 0 aliphatic rings. The van der Waals surface area contributed by atoms with E-state index < -0.39 is 0 Å². The van der Waals surface area contributed by atoms with Gasteiger partial charge >= 0.3 is 0 Å². The summed E-state index contributed by atoms with van der Waals surface area (Å²) in [6.45, 7) is 0.465. The molecular weight excluding hydrogens is 297 g/mol. The van der Waals surface area contributed by atoms with Crippen molar-refractivity contribution in [2.24, 2.45) is 0 Å². The number of ether oxygens (including phenoxy) is 1. The summed E-state index contributed by atoms with van der Waals surface area (Å²) in [4.78, 5) is 11.8. The Morgan fingerprint density at radius 2 is 2.50 bits per heavy atom. The van der Waals surface area contributed by atoms with E-state index in [1.54, 1.807) is 7.11 Å². The molecule has 0 aliphatic heterocycles. The first-order valence-electron chi connectivity index (χ1n) is 4.77. The first-order valence-corrected chi connectivity index (χ1v) is 6.27. The predicted octanol–water partition coefficient (Wildman–Crippen LogP) is 2.46. The van der Waals surface area contributed by atoms with Crippen LogP contribution in [-0.2, 0) is 4.74 Å². The fourth-order valence-electron chi connectivity index (χ4n) is 1.25. The van der Waals surface area contributed by atoms with Crippen molar-refractivity contribution in [2.45, 2.75) is 12.5 Å². The zero-order chi connectivity index (χ0) is 12.0. The maximum Gasteiger partial charge on any atom is 0.256 e. The van der Waals surface area contributed by atoms with E-state index >= 15 is 0 Å². The van der Waals surface area contributed by atoms with E-state index in [1.807, 2.05) is 0 Å². The third-order valence-electron chi connectivity index (χ3n) is 2.02. The highest BCUT2D eigenvalue weighted by Gasteiger charge is 2.17. The van der Waals surface area contributed by atoms with E-state index in [9.17, 15) is 4.79 Å². The maximum absolute atomic E-state index is 11.8. The van der Waals surface area contributed by atoms with Crippen LogP contribution in [0.25, 0.3) is 0 Å². The van der Waals surface area contributed by atoms with Crippen molar-refractivity contribution in [1.29, 1.82) is 0 Å². The first-order chi connectivity index (χ1) is 7.69. The number of methoxy groups -OCH3 is 1. The van der Waals surface area contributed by atoms with E-state index in [0.29, 0.717) is 12.2 Å². The standard InChI is InChI=1S/C10H13BrClNO3/c1-15-6-7(2-4-11)13-10(14)8-3-5-16-9(8)12/h3,5,7H,2,4,6H2,1H3,(H,13,14).